The smallest absolute Gasteiger partial charge is 0.0812 e. The molecule has 1 aromatic carbocycles. The van der Waals surface area contributed by atoms with Crippen LogP contribution in [-0.4, -0.2) is 49.6 Å². The fraction of sp³-hybridized carbons (Fsp3) is 0.500. The molecule has 0 radical (unpaired) electrons. The lowest BCUT2D eigenvalue weighted by atomic mass is 9.82. The molecule has 2 heterocycles. The van der Waals surface area contributed by atoms with E-state index in [-0.39, 0.29) is 17.7 Å². The van der Waals surface area contributed by atoms with E-state index in [2.05, 4.69) is 73.9 Å². The minimum Gasteiger partial charge on any atom is -0.376 e. The van der Waals surface area contributed by atoms with Gasteiger partial charge in [0.1, 0.15) is 0 Å². The highest BCUT2D eigenvalue weighted by molar-refractivity contribution is 7.94. The fourth-order valence-electron chi connectivity index (χ4n) is 3.78. The average molecular weight is 489 g/mol. The zero-order valence-electron chi connectivity index (χ0n) is 22.2. The third kappa shape index (κ3) is 9.32. The fourth-order valence-corrected chi connectivity index (χ4v) is 4.06. The maximum Gasteiger partial charge on any atom is 0.0812 e. The molecule has 0 unspecified atom stereocenters. The Morgan fingerprint density at radius 3 is 2.44 bits per heavy atom. The summed E-state index contributed by atoms with van der Waals surface area (Å²) in [5.74, 6) is 0. The number of nitrogens with zero attached hydrogens (tertiary/aromatic N) is 2. The summed E-state index contributed by atoms with van der Waals surface area (Å²) in [4.78, 5) is 5.47. The van der Waals surface area contributed by atoms with Gasteiger partial charge in [-0.25, -0.2) is 0 Å². The predicted octanol–water partition coefficient (Wildman–Crippen LogP) is 6.71. The summed E-state index contributed by atoms with van der Waals surface area (Å²) in [7, 11) is 2.19. The highest BCUT2D eigenvalue weighted by atomic mass is 32.2. The van der Waals surface area contributed by atoms with Crippen LogP contribution in [0.3, 0.4) is 0 Å². The molecule has 2 N–H and O–H groups in total. The second kappa shape index (κ2) is 15.8. The quantitative estimate of drug-likeness (QED) is 0.435. The van der Waals surface area contributed by atoms with Crippen molar-refractivity contribution in [1.82, 2.24) is 20.4 Å². The Kier molecular flexibility index (Phi) is 13.9. The Bertz CT molecular complexity index is 837. The van der Waals surface area contributed by atoms with Crippen LogP contribution in [0.5, 0.6) is 0 Å². The molecule has 0 amide bonds. The summed E-state index contributed by atoms with van der Waals surface area (Å²) in [5.41, 5.74) is 3.73. The molecule has 3 rings (SSSR count). The molecule has 0 aromatic heterocycles. The van der Waals surface area contributed by atoms with Crippen LogP contribution < -0.4 is 10.6 Å². The summed E-state index contributed by atoms with van der Waals surface area (Å²) >= 11 is 0.265. The number of halogens is 1. The van der Waals surface area contributed by atoms with Crippen LogP contribution in [0.1, 0.15) is 59.1 Å². The van der Waals surface area contributed by atoms with Crippen LogP contribution in [0.25, 0.3) is 5.57 Å². The van der Waals surface area contributed by atoms with Gasteiger partial charge in [0.05, 0.1) is 17.7 Å². The minimum atomic E-state index is -0.220. The molecule has 190 valence electrons. The van der Waals surface area contributed by atoms with Crippen molar-refractivity contribution in [3.63, 3.8) is 0 Å². The molecule has 2 aliphatic rings. The number of fused-ring (bicyclic) bond motifs is 1. The third-order valence-corrected chi connectivity index (χ3v) is 6.14. The molecule has 0 spiro atoms. The number of benzene rings is 1. The molecule has 1 saturated heterocycles. The lowest BCUT2D eigenvalue weighted by molar-refractivity contribution is 0.166. The van der Waals surface area contributed by atoms with Gasteiger partial charge in [0.2, 0.25) is 0 Å². The highest BCUT2D eigenvalue weighted by Gasteiger charge is 2.31. The molecule has 0 atom stereocenters. The van der Waals surface area contributed by atoms with Crippen molar-refractivity contribution in [3.05, 3.63) is 72.2 Å². The summed E-state index contributed by atoms with van der Waals surface area (Å²) in [6, 6.07) is 5.67. The highest BCUT2D eigenvalue weighted by Crippen LogP contribution is 2.39. The van der Waals surface area contributed by atoms with E-state index in [1.165, 1.54) is 26.2 Å². The van der Waals surface area contributed by atoms with Gasteiger partial charge in [-0.1, -0.05) is 51.6 Å². The average Bonchev–Trinajstić information content (AvgIpc) is 2.84. The first-order valence-electron chi connectivity index (χ1n) is 12.4. The standard InChI is InChI=1S/C17H21FN2S.C9H18N2.C2H6/c1-5-6-9-19-11-15-12(2)20-17(3,4)16-8-7-13(21-18)10-14(15)16;1-3-4-5-11-8-6-10(2)7-9-11;1-2/h6-11,19-20H,2,5H2,1,3-4H3;3-4H,5-9H2,1-2H3;1-2H3/b9-6+,15-11+;4-3-;. The van der Waals surface area contributed by atoms with Crippen LogP contribution in [0, 0.1) is 0 Å². The van der Waals surface area contributed by atoms with Gasteiger partial charge in [0.15, 0.2) is 0 Å². The van der Waals surface area contributed by atoms with Gasteiger partial charge in [-0.15, -0.1) is 0 Å². The minimum absolute atomic E-state index is 0.220. The van der Waals surface area contributed by atoms with Crippen molar-refractivity contribution < 1.29 is 3.89 Å². The first-order valence-corrected chi connectivity index (χ1v) is 13.1. The van der Waals surface area contributed by atoms with E-state index in [0.29, 0.717) is 4.90 Å². The topological polar surface area (TPSA) is 30.5 Å². The van der Waals surface area contributed by atoms with Crippen molar-refractivity contribution in [2.75, 3.05) is 39.8 Å². The van der Waals surface area contributed by atoms with Gasteiger partial charge < -0.3 is 15.5 Å². The van der Waals surface area contributed by atoms with E-state index in [4.69, 9.17) is 0 Å². The molecule has 34 heavy (non-hydrogen) atoms. The number of allylic oxidation sites excluding steroid dienone is 3. The molecule has 1 fully saturated rings. The maximum absolute atomic E-state index is 12.9. The first-order chi connectivity index (χ1) is 16.3. The zero-order valence-corrected chi connectivity index (χ0v) is 23.1. The van der Waals surface area contributed by atoms with Gasteiger partial charge in [-0.3, -0.25) is 4.90 Å². The Morgan fingerprint density at radius 2 is 1.85 bits per heavy atom. The van der Waals surface area contributed by atoms with Crippen LogP contribution in [0.4, 0.5) is 3.89 Å². The summed E-state index contributed by atoms with van der Waals surface area (Å²) in [6.07, 6.45) is 11.2. The van der Waals surface area contributed by atoms with Crippen LogP contribution in [-0.2, 0) is 5.54 Å². The Balaban J connectivity index is 0.000000374. The van der Waals surface area contributed by atoms with Crippen molar-refractivity contribution in [2.24, 2.45) is 0 Å². The van der Waals surface area contributed by atoms with E-state index in [1.807, 2.05) is 50.5 Å². The molecular formula is C28H45FN4S. The molecule has 4 nitrogen and oxygen atoms in total. The number of rotatable bonds is 6. The number of hydrogen-bond acceptors (Lipinski definition) is 5. The lowest BCUT2D eigenvalue weighted by Crippen LogP contribution is -2.44. The molecule has 0 aliphatic carbocycles. The van der Waals surface area contributed by atoms with E-state index < -0.39 is 0 Å². The summed E-state index contributed by atoms with van der Waals surface area (Å²) in [5, 5.41) is 6.56. The van der Waals surface area contributed by atoms with Crippen LogP contribution in [0.2, 0.25) is 0 Å². The number of nitrogens with one attached hydrogen (secondary N) is 2. The second-order valence-electron chi connectivity index (χ2n) is 8.72. The van der Waals surface area contributed by atoms with E-state index in [1.54, 1.807) is 0 Å². The van der Waals surface area contributed by atoms with Crippen LogP contribution >= 0.6 is 12.1 Å². The van der Waals surface area contributed by atoms with Crippen molar-refractivity contribution in [1.29, 1.82) is 0 Å². The van der Waals surface area contributed by atoms with E-state index >= 15 is 0 Å². The Morgan fingerprint density at radius 1 is 1.18 bits per heavy atom. The SMILES string of the molecule is C/C=C\CN1CCN(C)CC1.C=C1NC(C)(C)c2ccc(SF)cc2/C1=C/N/C=C/CC.CC. The Hall–Kier alpha value is -2.02. The monoisotopic (exact) mass is 488 g/mol. The zero-order chi connectivity index (χ0) is 25.6. The predicted molar refractivity (Wildman–Crippen MR) is 149 cm³/mol. The molecular weight excluding hydrogens is 443 g/mol. The van der Waals surface area contributed by atoms with Gasteiger partial charge in [0, 0.05) is 55.1 Å². The van der Waals surface area contributed by atoms with Crippen LogP contribution in [0.15, 0.2) is 66.0 Å². The number of hydrogen-bond donors (Lipinski definition) is 2. The van der Waals surface area contributed by atoms with Gasteiger partial charge >= 0.3 is 0 Å². The Labute approximate surface area is 212 Å². The van der Waals surface area contributed by atoms with Gasteiger partial charge in [-0.05, 0) is 63.7 Å². The molecule has 1 aromatic rings. The maximum atomic E-state index is 12.9. The van der Waals surface area contributed by atoms with E-state index in [0.717, 1.165) is 35.4 Å². The second-order valence-corrected chi connectivity index (χ2v) is 9.35. The van der Waals surface area contributed by atoms with Gasteiger partial charge in [-0.2, -0.15) is 3.89 Å². The number of piperazine rings is 1. The lowest BCUT2D eigenvalue weighted by Gasteiger charge is -2.37. The van der Waals surface area contributed by atoms with Crippen molar-refractivity contribution in [2.45, 2.75) is 58.4 Å². The normalized spacial score (nSPS) is 19.2. The molecule has 0 bridgehead atoms. The molecule has 6 heteroatoms. The third-order valence-electron chi connectivity index (χ3n) is 5.70. The molecule has 0 saturated carbocycles. The van der Waals surface area contributed by atoms with Crippen molar-refractivity contribution >= 4 is 17.7 Å². The van der Waals surface area contributed by atoms with Gasteiger partial charge in [0.25, 0.3) is 0 Å². The van der Waals surface area contributed by atoms with E-state index in [9.17, 15) is 3.89 Å². The molecule has 2 aliphatic heterocycles. The number of likely N-dealkylation sites (N-methyl/N-ethyl adjacent to an activating group) is 1. The van der Waals surface area contributed by atoms with Crippen molar-refractivity contribution in [3.8, 4) is 0 Å². The largest absolute Gasteiger partial charge is 0.376 e. The summed E-state index contributed by atoms with van der Waals surface area (Å²) < 4.78 is 12.9. The first kappa shape index (κ1) is 30.0. The summed E-state index contributed by atoms with van der Waals surface area (Å²) in [6.45, 7) is 22.5.